The predicted octanol–water partition coefficient (Wildman–Crippen LogP) is 7.46. The Labute approximate surface area is 185 Å². The first-order valence-electron chi connectivity index (χ1n) is 11.4. The van der Waals surface area contributed by atoms with E-state index in [1.165, 1.54) is 25.7 Å². The summed E-state index contributed by atoms with van der Waals surface area (Å²) in [5.41, 5.74) is 9.00. The summed E-state index contributed by atoms with van der Waals surface area (Å²) in [4.78, 5) is 4.71. The van der Waals surface area contributed by atoms with E-state index in [-0.39, 0.29) is 12.0 Å². The van der Waals surface area contributed by atoms with Gasteiger partial charge >= 0.3 is 0 Å². The molecular weight excluding hydrogens is 394 g/mol. The van der Waals surface area contributed by atoms with Crippen molar-refractivity contribution in [3.05, 3.63) is 41.8 Å². The van der Waals surface area contributed by atoms with Crippen LogP contribution in [0.25, 0.3) is 0 Å². The van der Waals surface area contributed by atoms with Crippen LogP contribution in [0.1, 0.15) is 84.6 Å². The molecular formula is C25H40FN2OP. The van der Waals surface area contributed by atoms with Gasteiger partial charge in [-0.05, 0) is 67.1 Å². The standard InChI is InChI=1S/C25H40FN2OP/c1-6-25(16-17(2)3)13-11-21(12-14-25)29-23(27)15-22(18(4)5)28-20-9-7-19(8-10-20)24(26)30/h7-10,15,17-18,21,24H,6,11-14,16,27,30H2,1-5H3/b23-15+,28-22?. The Morgan fingerprint density at radius 2 is 1.83 bits per heavy atom. The molecule has 2 atom stereocenters. The number of hydrogen-bond acceptors (Lipinski definition) is 3. The van der Waals surface area contributed by atoms with Gasteiger partial charge in [-0.3, -0.25) is 4.99 Å². The molecule has 1 fully saturated rings. The molecule has 1 aromatic rings. The maximum Gasteiger partial charge on any atom is 0.186 e. The van der Waals surface area contributed by atoms with Gasteiger partial charge in [0.15, 0.2) is 5.88 Å². The minimum Gasteiger partial charge on any atom is -0.476 e. The lowest BCUT2D eigenvalue weighted by Crippen LogP contribution is -2.32. The molecule has 3 nitrogen and oxygen atoms in total. The Morgan fingerprint density at radius 3 is 2.30 bits per heavy atom. The summed E-state index contributed by atoms with van der Waals surface area (Å²) in [6.45, 7) is 11.1. The maximum atomic E-state index is 13.4. The molecule has 30 heavy (non-hydrogen) atoms. The normalized spacial score (nSPS) is 24.4. The van der Waals surface area contributed by atoms with E-state index in [0.29, 0.717) is 16.9 Å². The number of rotatable bonds is 9. The fraction of sp³-hybridized carbons (Fsp3) is 0.640. The van der Waals surface area contributed by atoms with Crippen LogP contribution in [0.2, 0.25) is 0 Å². The predicted molar refractivity (Wildman–Crippen MR) is 130 cm³/mol. The van der Waals surface area contributed by atoms with Gasteiger partial charge in [0.05, 0.1) is 5.69 Å². The van der Waals surface area contributed by atoms with Crippen molar-refractivity contribution in [3.8, 4) is 0 Å². The molecule has 168 valence electrons. The Balaban J connectivity index is 2.03. The van der Waals surface area contributed by atoms with E-state index >= 15 is 0 Å². The minimum atomic E-state index is -1.06. The fourth-order valence-electron chi connectivity index (χ4n) is 4.47. The van der Waals surface area contributed by atoms with Gasteiger partial charge in [-0.25, -0.2) is 4.39 Å². The number of hydrogen-bond donors (Lipinski definition) is 1. The van der Waals surface area contributed by atoms with Crippen LogP contribution >= 0.6 is 9.24 Å². The second-order valence-electron chi connectivity index (χ2n) is 9.50. The molecule has 2 rings (SSSR count). The highest BCUT2D eigenvalue weighted by atomic mass is 31.0. The van der Waals surface area contributed by atoms with Gasteiger partial charge in [0.25, 0.3) is 0 Å². The van der Waals surface area contributed by atoms with Gasteiger partial charge in [0.2, 0.25) is 0 Å². The monoisotopic (exact) mass is 434 g/mol. The van der Waals surface area contributed by atoms with Crippen LogP contribution in [0.3, 0.4) is 0 Å². The number of allylic oxidation sites excluding steroid dienone is 1. The highest BCUT2D eigenvalue weighted by Crippen LogP contribution is 2.44. The first-order chi connectivity index (χ1) is 14.1. The number of nitrogens with two attached hydrogens (primary N) is 1. The van der Waals surface area contributed by atoms with E-state index < -0.39 is 5.91 Å². The van der Waals surface area contributed by atoms with Gasteiger partial charge in [-0.2, -0.15) is 0 Å². The molecule has 2 unspecified atom stereocenters. The lowest BCUT2D eigenvalue weighted by Gasteiger charge is -2.41. The number of aliphatic imine (C=N–C) groups is 1. The fourth-order valence-corrected chi connectivity index (χ4v) is 4.69. The lowest BCUT2D eigenvalue weighted by atomic mass is 9.67. The number of halogens is 1. The summed E-state index contributed by atoms with van der Waals surface area (Å²) < 4.78 is 19.5. The van der Waals surface area contributed by atoms with Crippen molar-refractivity contribution in [3.63, 3.8) is 0 Å². The quantitative estimate of drug-likeness (QED) is 0.249. The Bertz CT molecular complexity index is 717. The molecule has 0 aliphatic heterocycles. The Morgan fingerprint density at radius 1 is 1.23 bits per heavy atom. The number of alkyl halides is 1. The first-order valence-corrected chi connectivity index (χ1v) is 12.0. The molecule has 0 heterocycles. The van der Waals surface area contributed by atoms with E-state index in [1.807, 2.05) is 18.2 Å². The smallest absolute Gasteiger partial charge is 0.186 e. The summed E-state index contributed by atoms with van der Waals surface area (Å²) >= 11 is 0. The molecule has 5 heteroatoms. The molecule has 0 aromatic heterocycles. The minimum absolute atomic E-state index is 0.185. The topological polar surface area (TPSA) is 47.6 Å². The van der Waals surface area contributed by atoms with Crippen molar-refractivity contribution in [1.82, 2.24) is 0 Å². The molecule has 0 spiro atoms. The third-order valence-corrected chi connectivity index (χ3v) is 6.62. The molecule has 1 aliphatic rings. The zero-order valence-electron chi connectivity index (χ0n) is 19.3. The zero-order chi connectivity index (χ0) is 22.3. The first kappa shape index (κ1) is 24.9. The van der Waals surface area contributed by atoms with Crippen LogP contribution in [-0.4, -0.2) is 11.8 Å². The SMILES string of the molecule is CCC1(CC(C)C)CCC(O/C(N)=C/C(=Nc2ccc(C(F)P)cc2)C(C)C)CC1. The average molecular weight is 435 g/mol. The second-order valence-corrected chi connectivity index (χ2v) is 10.1. The van der Waals surface area contributed by atoms with Crippen LogP contribution in [0.15, 0.2) is 41.2 Å². The summed E-state index contributed by atoms with van der Waals surface area (Å²) in [7, 11) is 2.16. The zero-order valence-corrected chi connectivity index (χ0v) is 20.5. The van der Waals surface area contributed by atoms with E-state index in [4.69, 9.17) is 15.5 Å². The van der Waals surface area contributed by atoms with Crippen molar-refractivity contribution < 1.29 is 9.13 Å². The van der Waals surface area contributed by atoms with Crippen molar-refractivity contribution in [2.45, 2.75) is 85.2 Å². The summed E-state index contributed by atoms with van der Waals surface area (Å²) in [5, 5.41) is 0. The summed E-state index contributed by atoms with van der Waals surface area (Å²) in [6.07, 6.45) is 9.11. The van der Waals surface area contributed by atoms with Crippen LogP contribution in [0.5, 0.6) is 0 Å². The van der Waals surface area contributed by atoms with Crippen LogP contribution in [0.4, 0.5) is 10.1 Å². The molecule has 2 N–H and O–H groups in total. The van der Waals surface area contributed by atoms with Gasteiger partial charge < -0.3 is 10.5 Å². The van der Waals surface area contributed by atoms with Gasteiger partial charge in [-0.15, -0.1) is 0 Å². The molecule has 0 bridgehead atoms. The molecule has 0 saturated heterocycles. The number of benzene rings is 1. The molecule has 0 radical (unpaired) electrons. The molecule has 1 aromatic carbocycles. The average Bonchev–Trinajstić information content (AvgIpc) is 2.69. The largest absolute Gasteiger partial charge is 0.476 e. The number of nitrogens with zero attached hydrogens (tertiary/aromatic N) is 1. The van der Waals surface area contributed by atoms with E-state index in [0.717, 1.165) is 30.2 Å². The van der Waals surface area contributed by atoms with E-state index in [9.17, 15) is 4.39 Å². The van der Waals surface area contributed by atoms with Crippen molar-refractivity contribution in [2.24, 2.45) is 28.0 Å². The third kappa shape index (κ3) is 7.38. The highest BCUT2D eigenvalue weighted by molar-refractivity contribution is 7.16. The van der Waals surface area contributed by atoms with Crippen molar-refractivity contribution >= 4 is 20.6 Å². The summed E-state index contributed by atoms with van der Waals surface area (Å²) in [5.74, 6) is 0.315. The molecule has 0 amide bonds. The Kier molecular flexibility index (Phi) is 9.34. The van der Waals surface area contributed by atoms with Crippen LogP contribution < -0.4 is 5.73 Å². The van der Waals surface area contributed by atoms with E-state index in [2.05, 4.69) is 43.9 Å². The van der Waals surface area contributed by atoms with E-state index in [1.54, 1.807) is 12.1 Å². The maximum absolute atomic E-state index is 13.4. The molecule has 1 aliphatic carbocycles. The van der Waals surface area contributed by atoms with Gasteiger partial charge in [0.1, 0.15) is 12.0 Å². The van der Waals surface area contributed by atoms with Crippen LogP contribution in [0, 0.1) is 17.3 Å². The van der Waals surface area contributed by atoms with Crippen molar-refractivity contribution in [2.75, 3.05) is 0 Å². The van der Waals surface area contributed by atoms with Crippen molar-refractivity contribution in [1.29, 1.82) is 0 Å². The number of ether oxygens (including phenoxy) is 1. The summed E-state index contributed by atoms with van der Waals surface area (Å²) in [6, 6.07) is 7.19. The molecule has 1 saturated carbocycles. The second kappa shape index (κ2) is 11.3. The lowest BCUT2D eigenvalue weighted by molar-refractivity contribution is 0.0233. The third-order valence-electron chi connectivity index (χ3n) is 6.24. The van der Waals surface area contributed by atoms with Gasteiger partial charge in [0, 0.05) is 11.8 Å². The Hall–Kier alpha value is -1.41. The van der Waals surface area contributed by atoms with Gasteiger partial charge in [-0.1, -0.05) is 62.4 Å². The van der Waals surface area contributed by atoms with Crippen LogP contribution in [-0.2, 0) is 4.74 Å². The highest BCUT2D eigenvalue weighted by Gasteiger charge is 2.35.